The molecule has 1 amide bonds. The molecule has 1 atom stereocenters. The Morgan fingerprint density at radius 3 is 2.46 bits per heavy atom. The van der Waals surface area contributed by atoms with Crippen molar-refractivity contribution in [3.05, 3.63) is 58.1 Å². The standard InChI is InChI=1S/C19H19Cl2NO4/c1-3-13-7-9-14(10-8-13)25-11-17(23)26-12(2)19(24)22-16-6-4-5-15(20)18(16)21/h4-10,12H,3,11H2,1-2H3,(H,22,24)/t12-/m1/s1. The number of rotatable bonds is 7. The molecule has 5 nitrogen and oxygen atoms in total. The molecule has 0 fully saturated rings. The van der Waals surface area contributed by atoms with Gasteiger partial charge in [-0.1, -0.05) is 48.3 Å². The second kappa shape index (κ2) is 9.46. The van der Waals surface area contributed by atoms with E-state index in [-0.39, 0.29) is 11.6 Å². The summed E-state index contributed by atoms with van der Waals surface area (Å²) in [5.74, 6) is -0.610. The summed E-state index contributed by atoms with van der Waals surface area (Å²) in [6.07, 6.45) is -0.0883. The molecule has 26 heavy (non-hydrogen) atoms. The quantitative estimate of drug-likeness (QED) is 0.700. The molecule has 0 aromatic heterocycles. The van der Waals surface area contributed by atoms with Crippen LogP contribution in [-0.2, 0) is 20.7 Å². The zero-order valence-corrected chi connectivity index (χ0v) is 15.9. The minimum Gasteiger partial charge on any atom is -0.482 e. The number of ether oxygens (including phenoxy) is 2. The lowest BCUT2D eigenvalue weighted by Gasteiger charge is -2.15. The molecule has 2 aromatic carbocycles. The van der Waals surface area contributed by atoms with Crippen LogP contribution >= 0.6 is 23.2 Å². The first-order valence-corrected chi connectivity index (χ1v) is 8.82. The van der Waals surface area contributed by atoms with Crippen LogP contribution in [0.1, 0.15) is 19.4 Å². The van der Waals surface area contributed by atoms with Crippen LogP contribution < -0.4 is 10.1 Å². The maximum atomic E-state index is 12.1. The number of aryl methyl sites for hydroxylation is 1. The van der Waals surface area contributed by atoms with Crippen LogP contribution in [0.4, 0.5) is 5.69 Å². The third kappa shape index (κ3) is 5.64. The van der Waals surface area contributed by atoms with Crippen molar-refractivity contribution in [3.8, 4) is 5.75 Å². The van der Waals surface area contributed by atoms with Crippen LogP contribution in [0.15, 0.2) is 42.5 Å². The fourth-order valence-electron chi connectivity index (χ4n) is 2.08. The number of amides is 1. The fraction of sp³-hybridized carbons (Fsp3) is 0.263. The molecule has 0 aliphatic rings. The summed E-state index contributed by atoms with van der Waals surface area (Å²) in [5, 5.41) is 3.11. The van der Waals surface area contributed by atoms with Crippen molar-refractivity contribution in [2.45, 2.75) is 26.4 Å². The average Bonchev–Trinajstić information content (AvgIpc) is 2.64. The van der Waals surface area contributed by atoms with E-state index >= 15 is 0 Å². The van der Waals surface area contributed by atoms with Gasteiger partial charge in [0.05, 0.1) is 15.7 Å². The highest BCUT2D eigenvalue weighted by molar-refractivity contribution is 6.44. The Kier molecular flexibility index (Phi) is 7.30. The average molecular weight is 396 g/mol. The van der Waals surface area contributed by atoms with Crippen LogP contribution in [0.5, 0.6) is 5.75 Å². The van der Waals surface area contributed by atoms with Crippen LogP contribution in [0, 0.1) is 0 Å². The number of anilines is 1. The number of esters is 1. The topological polar surface area (TPSA) is 64.6 Å². The highest BCUT2D eigenvalue weighted by Gasteiger charge is 2.19. The Labute approximate surface area is 162 Å². The predicted octanol–water partition coefficient (Wildman–Crippen LogP) is 4.51. The van der Waals surface area contributed by atoms with Crippen molar-refractivity contribution in [1.82, 2.24) is 0 Å². The number of hydrogen-bond donors (Lipinski definition) is 1. The Morgan fingerprint density at radius 1 is 1.12 bits per heavy atom. The first kappa shape index (κ1) is 20.1. The van der Waals surface area contributed by atoms with Crippen molar-refractivity contribution in [1.29, 1.82) is 0 Å². The largest absolute Gasteiger partial charge is 0.482 e. The molecule has 0 saturated carbocycles. The second-order valence-corrected chi connectivity index (χ2v) is 6.29. The number of benzene rings is 2. The number of carbonyl (C=O) groups excluding carboxylic acids is 2. The van der Waals surface area contributed by atoms with Gasteiger partial charge in [0, 0.05) is 0 Å². The minimum absolute atomic E-state index is 0.222. The van der Waals surface area contributed by atoms with Gasteiger partial charge in [0.2, 0.25) is 0 Å². The molecule has 7 heteroatoms. The van der Waals surface area contributed by atoms with E-state index in [0.29, 0.717) is 16.5 Å². The number of halogens is 2. The van der Waals surface area contributed by atoms with Gasteiger partial charge in [-0.05, 0) is 43.2 Å². The Bertz CT molecular complexity index is 778. The minimum atomic E-state index is -1.01. The van der Waals surface area contributed by atoms with Crippen molar-refractivity contribution in [3.63, 3.8) is 0 Å². The highest BCUT2D eigenvalue weighted by Crippen LogP contribution is 2.29. The van der Waals surface area contributed by atoms with Crippen LogP contribution in [0.25, 0.3) is 0 Å². The molecule has 0 saturated heterocycles. The lowest BCUT2D eigenvalue weighted by atomic mass is 10.2. The summed E-state index contributed by atoms with van der Waals surface area (Å²) in [6.45, 7) is 3.22. The Hall–Kier alpha value is -2.24. The highest BCUT2D eigenvalue weighted by atomic mass is 35.5. The molecule has 2 aromatic rings. The summed E-state index contributed by atoms with van der Waals surface area (Å²) in [6, 6.07) is 12.3. The Balaban J connectivity index is 1.83. The van der Waals surface area contributed by atoms with E-state index in [2.05, 4.69) is 12.2 Å². The van der Waals surface area contributed by atoms with Crippen LogP contribution in [0.3, 0.4) is 0 Å². The van der Waals surface area contributed by atoms with Crippen LogP contribution in [0.2, 0.25) is 10.0 Å². The third-order valence-electron chi connectivity index (χ3n) is 3.58. The first-order valence-electron chi connectivity index (χ1n) is 8.06. The molecule has 0 spiro atoms. The lowest BCUT2D eigenvalue weighted by Crippen LogP contribution is -2.31. The van der Waals surface area contributed by atoms with E-state index in [1.54, 1.807) is 30.3 Å². The molecule has 0 aliphatic carbocycles. The molecule has 0 aliphatic heterocycles. The van der Waals surface area contributed by atoms with Gasteiger partial charge in [-0.15, -0.1) is 0 Å². The second-order valence-electron chi connectivity index (χ2n) is 5.51. The fourth-order valence-corrected chi connectivity index (χ4v) is 2.43. The predicted molar refractivity (Wildman–Crippen MR) is 102 cm³/mol. The van der Waals surface area contributed by atoms with Gasteiger partial charge < -0.3 is 14.8 Å². The molecular weight excluding hydrogens is 377 g/mol. The molecule has 0 unspecified atom stereocenters. The zero-order valence-electron chi connectivity index (χ0n) is 14.4. The van der Waals surface area contributed by atoms with Crippen molar-refractivity contribution in [2.75, 3.05) is 11.9 Å². The monoisotopic (exact) mass is 395 g/mol. The molecule has 2 rings (SSSR count). The van der Waals surface area contributed by atoms with Gasteiger partial charge in [0.1, 0.15) is 5.75 Å². The van der Waals surface area contributed by atoms with E-state index in [1.807, 2.05) is 12.1 Å². The van der Waals surface area contributed by atoms with Gasteiger partial charge in [-0.25, -0.2) is 4.79 Å². The summed E-state index contributed by atoms with van der Waals surface area (Å²) in [4.78, 5) is 24.0. The molecule has 1 N–H and O–H groups in total. The maximum Gasteiger partial charge on any atom is 0.344 e. The van der Waals surface area contributed by atoms with E-state index in [0.717, 1.165) is 6.42 Å². The molecule has 138 valence electrons. The summed E-state index contributed by atoms with van der Waals surface area (Å²) < 4.78 is 10.4. The first-order chi connectivity index (χ1) is 12.4. The van der Waals surface area contributed by atoms with E-state index in [1.165, 1.54) is 12.5 Å². The lowest BCUT2D eigenvalue weighted by molar-refractivity contribution is -0.155. The maximum absolute atomic E-state index is 12.1. The van der Waals surface area contributed by atoms with Gasteiger partial charge in [-0.3, -0.25) is 4.79 Å². The van der Waals surface area contributed by atoms with E-state index in [4.69, 9.17) is 32.7 Å². The van der Waals surface area contributed by atoms with E-state index in [9.17, 15) is 9.59 Å². The van der Waals surface area contributed by atoms with Crippen molar-refractivity contribution in [2.24, 2.45) is 0 Å². The molecule has 0 radical (unpaired) electrons. The summed E-state index contributed by atoms with van der Waals surface area (Å²) >= 11 is 11.9. The smallest absolute Gasteiger partial charge is 0.344 e. The zero-order chi connectivity index (χ0) is 19.1. The van der Waals surface area contributed by atoms with Gasteiger partial charge in [0.25, 0.3) is 5.91 Å². The molecular formula is C19H19Cl2NO4. The van der Waals surface area contributed by atoms with Gasteiger partial charge >= 0.3 is 5.97 Å². The molecule has 0 bridgehead atoms. The number of nitrogens with one attached hydrogen (secondary N) is 1. The number of carbonyl (C=O) groups is 2. The van der Waals surface area contributed by atoms with E-state index < -0.39 is 18.0 Å². The van der Waals surface area contributed by atoms with Crippen molar-refractivity contribution >= 4 is 40.8 Å². The SMILES string of the molecule is CCc1ccc(OCC(=O)O[C@H](C)C(=O)Nc2cccc(Cl)c2Cl)cc1. The number of hydrogen-bond acceptors (Lipinski definition) is 4. The van der Waals surface area contributed by atoms with Gasteiger partial charge in [0.15, 0.2) is 12.7 Å². The Morgan fingerprint density at radius 2 is 1.81 bits per heavy atom. The molecule has 0 heterocycles. The normalized spacial score (nSPS) is 11.5. The van der Waals surface area contributed by atoms with Crippen LogP contribution in [-0.4, -0.2) is 24.6 Å². The van der Waals surface area contributed by atoms with Crippen molar-refractivity contribution < 1.29 is 19.1 Å². The third-order valence-corrected chi connectivity index (χ3v) is 4.39. The summed E-state index contributed by atoms with van der Waals surface area (Å²) in [7, 11) is 0. The summed E-state index contributed by atoms with van der Waals surface area (Å²) in [5.41, 5.74) is 1.52. The van der Waals surface area contributed by atoms with Gasteiger partial charge in [-0.2, -0.15) is 0 Å².